The second kappa shape index (κ2) is 6.79. The molecule has 4 nitrogen and oxygen atoms in total. The Morgan fingerprint density at radius 3 is 2.53 bits per heavy atom. The number of pyridine rings is 1. The van der Waals surface area contributed by atoms with Gasteiger partial charge in [0, 0.05) is 32.9 Å². The summed E-state index contributed by atoms with van der Waals surface area (Å²) in [4.78, 5) is 8.62. The highest BCUT2D eigenvalue weighted by molar-refractivity contribution is 6.33. The molecule has 0 atom stereocenters. The number of hydrogen-bond donors (Lipinski definition) is 1. The molecule has 0 radical (unpaired) electrons. The van der Waals surface area contributed by atoms with Gasteiger partial charge < -0.3 is 15.1 Å². The van der Waals surface area contributed by atoms with Crippen molar-refractivity contribution in [3.05, 3.63) is 22.8 Å². The predicted octanol–water partition coefficient (Wildman–Crippen LogP) is 1.45. The molecule has 0 unspecified atom stereocenters. The summed E-state index contributed by atoms with van der Waals surface area (Å²) in [6.45, 7) is 2.67. The fourth-order valence-corrected chi connectivity index (χ4v) is 1.84. The lowest BCUT2D eigenvalue weighted by Crippen LogP contribution is -2.29. The Morgan fingerprint density at radius 1 is 1.29 bits per heavy atom. The molecule has 0 spiro atoms. The summed E-state index contributed by atoms with van der Waals surface area (Å²) in [7, 11) is 8.03. The molecular formula is C12H21ClN4. The minimum absolute atomic E-state index is 0.707. The van der Waals surface area contributed by atoms with Gasteiger partial charge in [0.1, 0.15) is 5.82 Å². The molecule has 1 heterocycles. The number of hydrogen-bond acceptors (Lipinski definition) is 4. The minimum Gasteiger partial charge on any atom is -0.357 e. The Labute approximate surface area is 109 Å². The second-order valence-electron chi connectivity index (χ2n) is 4.40. The van der Waals surface area contributed by atoms with Crippen LogP contribution in [0.25, 0.3) is 0 Å². The van der Waals surface area contributed by atoms with Crippen LogP contribution in [0, 0.1) is 0 Å². The first kappa shape index (κ1) is 14.2. The highest BCUT2D eigenvalue weighted by Gasteiger charge is 2.08. The van der Waals surface area contributed by atoms with Crippen molar-refractivity contribution in [1.82, 2.24) is 15.2 Å². The van der Waals surface area contributed by atoms with Crippen molar-refractivity contribution >= 4 is 17.4 Å². The molecule has 5 heteroatoms. The van der Waals surface area contributed by atoms with Gasteiger partial charge in [0.05, 0.1) is 5.02 Å². The number of nitrogens with one attached hydrogen (secondary N) is 1. The van der Waals surface area contributed by atoms with Crippen LogP contribution in [-0.2, 0) is 6.54 Å². The van der Waals surface area contributed by atoms with Crippen molar-refractivity contribution in [2.75, 3.05) is 46.2 Å². The molecule has 1 aromatic heterocycles. The molecule has 0 aliphatic carbocycles. The quantitative estimate of drug-likeness (QED) is 0.835. The van der Waals surface area contributed by atoms with Gasteiger partial charge in [-0.2, -0.15) is 0 Å². The number of likely N-dealkylation sites (N-methyl/N-ethyl adjacent to an activating group) is 2. The molecule has 0 amide bonds. The molecule has 1 rings (SSSR count). The van der Waals surface area contributed by atoms with Gasteiger partial charge in [-0.05, 0) is 32.8 Å². The second-order valence-corrected chi connectivity index (χ2v) is 4.81. The topological polar surface area (TPSA) is 31.4 Å². The number of rotatable bonds is 6. The summed E-state index contributed by atoms with van der Waals surface area (Å²) < 4.78 is 0. The fourth-order valence-electron chi connectivity index (χ4n) is 1.51. The van der Waals surface area contributed by atoms with Gasteiger partial charge in [-0.15, -0.1) is 0 Å². The van der Waals surface area contributed by atoms with E-state index in [2.05, 4.69) is 34.2 Å². The van der Waals surface area contributed by atoms with Crippen molar-refractivity contribution in [2.24, 2.45) is 0 Å². The van der Waals surface area contributed by atoms with Gasteiger partial charge >= 0.3 is 0 Å². The van der Waals surface area contributed by atoms with Gasteiger partial charge in [-0.3, -0.25) is 0 Å². The zero-order chi connectivity index (χ0) is 12.8. The van der Waals surface area contributed by atoms with Crippen LogP contribution in [0.2, 0.25) is 5.02 Å². The third kappa shape index (κ3) is 4.50. The van der Waals surface area contributed by atoms with Crippen LogP contribution < -0.4 is 10.2 Å². The molecule has 0 fully saturated rings. The lowest BCUT2D eigenvalue weighted by molar-refractivity contribution is 0.416. The van der Waals surface area contributed by atoms with E-state index in [-0.39, 0.29) is 0 Å². The maximum atomic E-state index is 6.23. The Kier molecular flexibility index (Phi) is 5.68. The lowest BCUT2D eigenvalue weighted by atomic mass is 10.3. The average molecular weight is 257 g/mol. The monoisotopic (exact) mass is 256 g/mol. The third-order valence-electron chi connectivity index (χ3n) is 2.50. The number of halogens is 1. The van der Waals surface area contributed by atoms with Crippen LogP contribution in [-0.4, -0.2) is 51.2 Å². The van der Waals surface area contributed by atoms with Gasteiger partial charge in [-0.1, -0.05) is 11.6 Å². The molecule has 0 aliphatic heterocycles. The largest absolute Gasteiger partial charge is 0.357 e. The molecule has 1 aromatic rings. The number of aromatic nitrogens is 1. The normalized spacial score (nSPS) is 10.9. The minimum atomic E-state index is 0.707. The van der Waals surface area contributed by atoms with E-state index in [9.17, 15) is 0 Å². The molecule has 0 aromatic carbocycles. The van der Waals surface area contributed by atoms with Crippen molar-refractivity contribution in [3.8, 4) is 0 Å². The highest BCUT2D eigenvalue weighted by Crippen LogP contribution is 2.22. The first-order chi connectivity index (χ1) is 8.04. The molecule has 96 valence electrons. The van der Waals surface area contributed by atoms with Crippen molar-refractivity contribution < 1.29 is 0 Å². The molecule has 0 aliphatic rings. The van der Waals surface area contributed by atoms with Crippen molar-refractivity contribution in [3.63, 3.8) is 0 Å². The molecule has 17 heavy (non-hydrogen) atoms. The van der Waals surface area contributed by atoms with Crippen LogP contribution in [0.5, 0.6) is 0 Å². The fraction of sp³-hybridized carbons (Fsp3) is 0.583. The maximum absolute atomic E-state index is 6.23. The lowest BCUT2D eigenvalue weighted by Gasteiger charge is -2.21. The van der Waals surface area contributed by atoms with E-state index in [0.717, 1.165) is 31.0 Å². The zero-order valence-electron chi connectivity index (χ0n) is 11.0. The van der Waals surface area contributed by atoms with Crippen molar-refractivity contribution in [2.45, 2.75) is 6.54 Å². The standard InChI is InChI=1S/C12H21ClN4/c1-14-8-10-7-11(13)12(15-9-10)17(4)6-5-16(2)3/h7,9,14H,5-6,8H2,1-4H3. The van der Waals surface area contributed by atoms with Gasteiger partial charge in [0.15, 0.2) is 0 Å². The first-order valence-corrected chi connectivity index (χ1v) is 6.07. The first-order valence-electron chi connectivity index (χ1n) is 5.69. The average Bonchev–Trinajstić information content (AvgIpc) is 2.26. The zero-order valence-corrected chi connectivity index (χ0v) is 11.8. The molecular weight excluding hydrogens is 236 g/mol. The molecule has 0 saturated carbocycles. The predicted molar refractivity (Wildman–Crippen MR) is 73.8 cm³/mol. The van der Waals surface area contributed by atoms with Crippen molar-refractivity contribution in [1.29, 1.82) is 0 Å². The maximum Gasteiger partial charge on any atom is 0.147 e. The van der Waals surface area contributed by atoms with E-state index in [1.807, 2.05) is 26.4 Å². The van der Waals surface area contributed by atoms with E-state index < -0.39 is 0 Å². The van der Waals surface area contributed by atoms with Crippen LogP contribution in [0.4, 0.5) is 5.82 Å². The number of anilines is 1. The van der Waals surface area contributed by atoms with Crippen LogP contribution in [0.15, 0.2) is 12.3 Å². The molecule has 1 N–H and O–H groups in total. The third-order valence-corrected chi connectivity index (χ3v) is 2.78. The summed E-state index contributed by atoms with van der Waals surface area (Å²) in [6, 6.07) is 1.96. The summed E-state index contributed by atoms with van der Waals surface area (Å²) in [5.74, 6) is 0.841. The smallest absolute Gasteiger partial charge is 0.147 e. The molecule has 0 bridgehead atoms. The highest BCUT2D eigenvalue weighted by atomic mass is 35.5. The van der Waals surface area contributed by atoms with Gasteiger partial charge in [0.2, 0.25) is 0 Å². The van der Waals surface area contributed by atoms with E-state index in [4.69, 9.17) is 11.6 Å². The SMILES string of the molecule is CNCc1cnc(N(C)CCN(C)C)c(Cl)c1. The van der Waals surface area contributed by atoms with E-state index in [1.165, 1.54) is 0 Å². The summed E-state index contributed by atoms with van der Waals surface area (Å²) in [5, 5.41) is 3.79. The van der Waals surface area contributed by atoms with Crippen LogP contribution >= 0.6 is 11.6 Å². The Morgan fingerprint density at radius 2 is 2.00 bits per heavy atom. The van der Waals surface area contributed by atoms with Crippen LogP contribution in [0.1, 0.15) is 5.56 Å². The Hall–Kier alpha value is -0.840. The number of nitrogens with zero attached hydrogens (tertiary/aromatic N) is 3. The van der Waals surface area contributed by atoms with E-state index in [0.29, 0.717) is 5.02 Å². The summed E-state index contributed by atoms with van der Waals surface area (Å²) >= 11 is 6.23. The summed E-state index contributed by atoms with van der Waals surface area (Å²) in [6.07, 6.45) is 1.86. The van der Waals surface area contributed by atoms with Gasteiger partial charge in [-0.25, -0.2) is 4.98 Å². The van der Waals surface area contributed by atoms with Crippen LogP contribution in [0.3, 0.4) is 0 Å². The van der Waals surface area contributed by atoms with Gasteiger partial charge in [0.25, 0.3) is 0 Å². The molecule has 0 saturated heterocycles. The van der Waals surface area contributed by atoms with E-state index >= 15 is 0 Å². The summed E-state index contributed by atoms with van der Waals surface area (Å²) in [5.41, 5.74) is 1.10. The Balaban J connectivity index is 2.70. The Bertz CT molecular complexity index is 354. The van der Waals surface area contributed by atoms with E-state index in [1.54, 1.807) is 0 Å².